The summed E-state index contributed by atoms with van der Waals surface area (Å²) >= 11 is 0. The van der Waals surface area contributed by atoms with E-state index in [0.29, 0.717) is 5.92 Å². The van der Waals surface area contributed by atoms with Gasteiger partial charge in [-0.3, -0.25) is 0 Å². The third kappa shape index (κ3) is 3.01. The molecule has 0 heterocycles. The summed E-state index contributed by atoms with van der Waals surface area (Å²) in [4.78, 5) is 0. The Labute approximate surface area is 104 Å². The molecule has 94 valence electrons. The zero-order chi connectivity index (χ0) is 12.3. The Morgan fingerprint density at radius 2 is 1.94 bits per heavy atom. The second kappa shape index (κ2) is 5.54. The molecule has 1 aromatic rings. The van der Waals surface area contributed by atoms with Crippen LogP contribution >= 0.6 is 0 Å². The molecule has 0 radical (unpaired) electrons. The Hall–Kier alpha value is -1.02. The van der Waals surface area contributed by atoms with Gasteiger partial charge in [0.05, 0.1) is 13.2 Å². The highest BCUT2D eigenvalue weighted by Crippen LogP contribution is 2.37. The van der Waals surface area contributed by atoms with Gasteiger partial charge in [0.15, 0.2) is 0 Å². The van der Waals surface area contributed by atoms with Crippen molar-refractivity contribution in [1.29, 1.82) is 0 Å². The fourth-order valence-electron chi connectivity index (χ4n) is 2.70. The highest BCUT2D eigenvalue weighted by molar-refractivity contribution is 5.30. The van der Waals surface area contributed by atoms with Gasteiger partial charge >= 0.3 is 0 Å². The number of hydrogen-bond donors (Lipinski definition) is 1. The summed E-state index contributed by atoms with van der Waals surface area (Å²) in [5, 5.41) is 10.4. The minimum atomic E-state index is -0.336. The predicted molar refractivity (Wildman–Crippen MR) is 69.1 cm³/mol. The molecule has 1 N–H and O–H groups in total. The molecule has 1 fully saturated rings. The van der Waals surface area contributed by atoms with Crippen LogP contribution in [0.4, 0.5) is 0 Å². The molecule has 0 saturated heterocycles. The maximum Gasteiger partial charge on any atom is 0.119 e. The van der Waals surface area contributed by atoms with Crippen molar-refractivity contribution in [3.8, 4) is 5.75 Å². The molecule has 2 heteroatoms. The van der Waals surface area contributed by atoms with Crippen LogP contribution in [0.25, 0.3) is 0 Å². The van der Waals surface area contributed by atoms with E-state index in [4.69, 9.17) is 4.74 Å². The van der Waals surface area contributed by atoms with Gasteiger partial charge in [-0.25, -0.2) is 0 Å². The van der Waals surface area contributed by atoms with E-state index in [2.05, 4.69) is 6.92 Å². The fourth-order valence-corrected chi connectivity index (χ4v) is 2.70. The first-order chi connectivity index (χ1) is 8.20. The summed E-state index contributed by atoms with van der Waals surface area (Å²) < 4.78 is 5.20. The van der Waals surface area contributed by atoms with Crippen molar-refractivity contribution in [3.05, 3.63) is 29.8 Å². The van der Waals surface area contributed by atoms with Crippen molar-refractivity contribution in [2.45, 2.75) is 38.7 Å². The van der Waals surface area contributed by atoms with Crippen molar-refractivity contribution in [3.63, 3.8) is 0 Å². The van der Waals surface area contributed by atoms with Crippen LogP contribution in [-0.2, 0) is 0 Å². The monoisotopic (exact) mass is 234 g/mol. The van der Waals surface area contributed by atoms with Crippen molar-refractivity contribution >= 4 is 0 Å². The first kappa shape index (κ1) is 12.4. The fraction of sp³-hybridized carbons (Fsp3) is 0.600. The maximum atomic E-state index is 10.4. The van der Waals surface area contributed by atoms with Crippen LogP contribution in [0.1, 0.15) is 44.3 Å². The van der Waals surface area contributed by atoms with Crippen LogP contribution in [0, 0.1) is 11.8 Å². The lowest BCUT2D eigenvalue weighted by Crippen LogP contribution is -2.19. The first-order valence-electron chi connectivity index (χ1n) is 6.52. The minimum absolute atomic E-state index is 0.336. The molecule has 0 spiro atoms. The standard InChI is InChI=1S/C15H22O2/c1-11-6-8-12(9-7-11)15(16)13-4-3-5-14(10-13)17-2/h3-5,10-12,15-16H,6-9H2,1-2H3. The molecule has 0 amide bonds. The van der Waals surface area contributed by atoms with E-state index in [0.717, 1.165) is 30.1 Å². The molecule has 0 aromatic heterocycles. The number of methoxy groups -OCH3 is 1. The lowest BCUT2D eigenvalue weighted by atomic mass is 9.78. The third-order valence-corrected chi connectivity index (χ3v) is 3.94. The van der Waals surface area contributed by atoms with Gasteiger partial charge in [-0.15, -0.1) is 0 Å². The van der Waals surface area contributed by atoms with E-state index in [-0.39, 0.29) is 6.10 Å². The highest BCUT2D eigenvalue weighted by Gasteiger charge is 2.25. The minimum Gasteiger partial charge on any atom is -0.497 e. The Kier molecular flexibility index (Phi) is 4.06. The van der Waals surface area contributed by atoms with E-state index >= 15 is 0 Å². The summed E-state index contributed by atoms with van der Waals surface area (Å²) in [7, 11) is 1.66. The quantitative estimate of drug-likeness (QED) is 0.866. The van der Waals surface area contributed by atoms with E-state index in [1.807, 2.05) is 24.3 Å². The number of ether oxygens (including phenoxy) is 1. The molecule has 1 saturated carbocycles. The van der Waals surface area contributed by atoms with Gasteiger partial charge in [0, 0.05) is 0 Å². The second-order valence-corrected chi connectivity index (χ2v) is 5.24. The summed E-state index contributed by atoms with van der Waals surface area (Å²) in [6.07, 6.45) is 4.42. The molecule has 1 atom stereocenters. The van der Waals surface area contributed by atoms with Gasteiger partial charge in [0.2, 0.25) is 0 Å². The van der Waals surface area contributed by atoms with Crippen LogP contribution in [0.2, 0.25) is 0 Å². The summed E-state index contributed by atoms with van der Waals surface area (Å²) in [6.45, 7) is 2.30. The van der Waals surface area contributed by atoms with Crippen LogP contribution in [0.15, 0.2) is 24.3 Å². The summed E-state index contributed by atoms with van der Waals surface area (Å²) in [5.41, 5.74) is 0.990. The molecule has 1 aliphatic carbocycles. The molecule has 0 aliphatic heterocycles. The highest BCUT2D eigenvalue weighted by atomic mass is 16.5. The normalized spacial score (nSPS) is 26.5. The molecule has 17 heavy (non-hydrogen) atoms. The Balaban J connectivity index is 2.05. The van der Waals surface area contributed by atoms with E-state index in [1.165, 1.54) is 12.8 Å². The smallest absolute Gasteiger partial charge is 0.119 e. The van der Waals surface area contributed by atoms with Crippen LogP contribution in [0.3, 0.4) is 0 Å². The average molecular weight is 234 g/mol. The van der Waals surface area contributed by atoms with Gasteiger partial charge in [-0.05, 0) is 42.4 Å². The maximum absolute atomic E-state index is 10.4. The molecule has 2 nitrogen and oxygen atoms in total. The topological polar surface area (TPSA) is 29.5 Å². The zero-order valence-electron chi connectivity index (χ0n) is 10.7. The van der Waals surface area contributed by atoms with Gasteiger partial charge in [-0.2, -0.15) is 0 Å². The van der Waals surface area contributed by atoms with E-state index < -0.39 is 0 Å². The first-order valence-corrected chi connectivity index (χ1v) is 6.52. The largest absolute Gasteiger partial charge is 0.497 e. The molecular formula is C15H22O2. The lowest BCUT2D eigenvalue weighted by molar-refractivity contribution is 0.0754. The zero-order valence-corrected chi connectivity index (χ0v) is 10.7. The molecule has 2 rings (SSSR count). The van der Waals surface area contributed by atoms with Crippen molar-refractivity contribution in [2.75, 3.05) is 7.11 Å². The van der Waals surface area contributed by atoms with Gasteiger partial charge in [-0.1, -0.05) is 31.9 Å². The van der Waals surface area contributed by atoms with E-state index in [1.54, 1.807) is 7.11 Å². The molecule has 1 unspecified atom stereocenters. The van der Waals surface area contributed by atoms with Crippen LogP contribution in [-0.4, -0.2) is 12.2 Å². The van der Waals surface area contributed by atoms with Crippen molar-refractivity contribution < 1.29 is 9.84 Å². The Morgan fingerprint density at radius 1 is 1.24 bits per heavy atom. The number of aliphatic hydroxyl groups is 1. The molecule has 1 aliphatic rings. The van der Waals surface area contributed by atoms with Gasteiger partial charge in [0.1, 0.15) is 5.75 Å². The number of rotatable bonds is 3. The third-order valence-electron chi connectivity index (χ3n) is 3.94. The van der Waals surface area contributed by atoms with Crippen LogP contribution < -0.4 is 4.74 Å². The molecule has 1 aromatic carbocycles. The summed E-state index contributed by atoms with van der Waals surface area (Å²) in [6, 6.07) is 7.80. The molecule has 0 bridgehead atoms. The van der Waals surface area contributed by atoms with Gasteiger partial charge < -0.3 is 9.84 Å². The lowest BCUT2D eigenvalue weighted by Gasteiger charge is -2.30. The Bertz CT molecular complexity index is 354. The number of benzene rings is 1. The summed E-state index contributed by atoms with van der Waals surface area (Å²) in [5.74, 6) is 2.06. The predicted octanol–water partition coefficient (Wildman–Crippen LogP) is 3.55. The second-order valence-electron chi connectivity index (χ2n) is 5.24. The van der Waals surface area contributed by atoms with Crippen molar-refractivity contribution in [1.82, 2.24) is 0 Å². The molecular weight excluding hydrogens is 212 g/mol. The number of hydrogen-bond acceptors (Lipinski definition) is 2. The van der Waals surface area contributed by atoms with Gasteiger partial charge in [0.25, 0.3) is 0 Å². The number of aliphatic hydroxyl groups excluding tert-OH is 1. The average Bonchev–Trinajstić information content (AvgIpc) is 2.39. The van der Waals surface area contributed by atoms with Crippen LogP contribution in [0.5, 0.6) is 5.75 Å². The van der Waals surface area contributed by atoms with E-state index in [9.17, 15) is 5.11 Å². The SMILES string of the molecule is COc1cccc(C(O)C2CCC(C)CC2)c1. The van der Waals surface area contributed by atoms with Crippen molar-refractivity contribution in [2.24, 2.45) is 11.8 Å². The Morgan fingerprint density at radius 3 is 2.59 bits per heavy atom.